The summed E-state index contributed by atoms with van der Waals surface area (Å²) in [4.78, 5) is 11.3. The van der Waals surface area contributed by atoms with Gasteiger partial charge < -0.3 is 11.1 Å². The molecule has 1 atom stereocenters. The van der Waals surface area contributed by atoms with Gasteiger partial charge in [-0.3, -0.25) is 4.79 Å². The average Bonchev–Trinajstić information content (AvgIpc) is 2.26. The van der Waals surface area contributed by atoms with Crippen LogP contribution < -0.4 is 11.1 Å². The smallest absolute Gasteiger partial charge is 0.236 e. The lowest BCUT2D eigenvalue weighted by molar-refractivity contribution is -0.122. The van der Waals surface area contributed by atoms with E-state index in [1.54, 1.807) is 0 Å². The van der Waals surface area contributed by atoms with Crippen LogP contribution in [0.25, 0.3) is 0 Å². The molecule has 0 aliphatic rings. The van der Waals surface area contributed by atoms with Crippen molar-refractivity contribution in [1.82, 2.24) is 5.32 Å². The monoisotopic (exact) mass is 242 g/mol. The molecule has 0 aliphatic carbocycles. The topological polar surface area (TPSA) is 55.1 Å². The molecule has 17 heavy (non-hydrogen) atoms. The molecule has 0 aliphatic heterocycles. The first kappa shape index (κ1) is 13.6. The lowest BCUT2D eigenvalue weighted by Gasteiger charge is -2.09. The van der Waals surface area contributed by atoms with E-state index >= 15 is 0 Å². The fourth-order valence-electron chi connectivity index (χ4n) is 1.40. The fourth-order valence-corrected chi connectivity index (χ4v) is 1.40. The summed E-state index contributed by atoms with van der Waals surface area (Å²) in [5, 5.41) is 2.61. The molecule has 1 aromatic rings. The molecule has 0 unspecified atom stereocenters. The molecule has 94 valence electrons. The molecule has 3 N–H and O–H groups in total. The highest BCUT2D eigenvalue weighted by Gasteiger charge is 2.09. The van der Waals surface area contributed by atoms with Crippen molar-refractivity contribution in [2.75, 3.05) is 6.54 Å². The van der Waals surface area contributed by atoms with Crippen LogP contribution in [0.1, 0.15) is 18.9 Å². The second-order valence-corrected chi connectivity index (χ2v) is 3.83. The van der Waals surface area contributed by atoms with E-state index in [1.807, 2.05) is 6.92 Å². The number of halogens is 2. The van der Waals surface area contributed by atoms with Crippen LogP contribution in [0.15, 0.2) is 18.2 Å². The quantitative estimate of drug-likeness (QED) is 0.819. The minimum absolute atomic E-state index is 0.246. The van der Waals surface area contributed by atoms with E-state index in [9.17, 15) is 13.6 Å². The van der Waals surface area contributed by atoms with Gasteiger partial charge in [0.25, 0.3) is 0 Å². The largest absolute Gasteiger partial charge is 0.354 e. The molecule has 0 saturated carbocycles. The van der Waals surface area contributed by atoms with Gasteiger partial charge in [0.15, 0.2) is 0 Å². The van der Waals surface area contributed by atoms with E-state index in [0.29, 0.717) is 24.9 Å². The van der Waals surface area contributed by atoms with Gasteiger partial charge in [-0.2, -0.15) is 0 Å². The molecular formula is C12H16F2N2O. The molecule has 0 fully saturated rings. The van der Waals surface area contributed by atoms with Gasteiger partial charge in [0.1, 0.15) is 11.6 Å². The Morgan fingerprint density at radius 1 is 1.35 bits per heavy atom. The first-order valence-corrected chi connectivity index (χ1v) is 5.51. The van der Waals surface area contributed by atoms with E-state index < -0.39 is 17.7 Å². The summed E-state index contributed by atoms with van der Waals surface area (Å²) in [5.41, 5.74) is 6.02. The molecule has 1 amide bonds. The number of amides is 1. The van der Waals surface area contributed by atoms with Crippen LogP contribution in [0, 0.1) is 11.6 Å². The molecular weight excluding hydrogens is 226 g/mol. The third-order valence-electron chi connectivity index (χ3n) is 2.41. The highest BCUT2D eigenvalue weighted by atomic mass is 19.1. The highest BCUT2D eigenvalue weighted by Crippen LogP contribution is 2.08. The second kappa shape index (κ2) is 6.30. The maximum atomic E-state index is 12.8. The van der Waals surface area contributed by atoms with Gasteiger partial charge in [0, 0.05) is 12.6 Å². The first-order valence-electron chi connectivity index (χ1n) is 5.51. The van der Waals surface area contributed by atoms with Gasteiger partial charge >= 0.3 is 0 Å². The number of hydrogen-bond acceptors (Lipinski definition) is 2. The maximum absolute atomic E-state index is 12.8. The molecule has 1 rings (SSSR count). The van der Waals surface area contributed by atoms with Crippen molar-refractivity contribution in [2.24, 2.45) is 5.73 Å². The van der Waals surface area contributed by atoms with E-state index in [4.69, 9.17) is 5.73 Å². The molecule has 0 heterocycles. The number of carbonyl (C=O) groups excluding carboxylic acids is 1. The van der Waals surface area contributed by atoms with Crippen molar-refractivity contribution < 1.29 is 13.6 Å². The van der Waals surface area contributed by atoms with Gasteiger partial charge in [-0.05, 0) is 30.5 Å². The molecule has 5 heteroatoms. The van der Waals surface area contributed by atoms with Crippen LogP contribution in [-0.2, 0) is 11.2 Å². The van der Waals surface area contributed by atoms with Crippen LogP contribution in [0.5, 0.6) is 0 Å². The Labute approximate surface area is 99.0 Å². The summed E-state index contributed by atoms with van der Waals surface area (Å²) in [6.45, 7) is 2.13. The SMILES string of the molecule is CC[C@@H](N)C(=O)NCCc1cc(F)cc(F)c1. The van der Waals surface area contributed by atoms with Gasteiger partial charge in [-0.25, -0.2) is 8.78 Å². The van der Waals surface area contributed by atoms with Crippen molar-refractivity contribution in [2.45, 2.75) is 25.8 Å². The molecule has 0 aromatic heterocycles. The van der Waals surface area contributed by atoms with Crippen molar-refractivity contribution in [3.8, 4) is 0 Å². The minimum atomic E-state index is -0.614. The normalized spacial score (nSPS) is 12.2. The number of nitrogens with one attached hydrogen (secondary N) is 1. The summed E-state index contributed by atoms with van der Waals surface area (Å²) in [6, 6.07) is 2.78. The van der Waals surface area contributed by atoms with E-state index in [-0.39, 0.29) is 5.91 Å². The van der Waals surface area contributed by atoms with E-state index in [1.165, 1.54) is 12.1 Å². The van der Waals surface area contributed by atoms with Crippen molar-refractivity contribution in [1.29, 1.82) is 0 Å². The Balaban J connectivity index is 2.43. The Bertz CT molecular complexity index is 376. The predicted octanol–water partition coefficient (Wildman–Crippen LogP) is 1.36. The number of benzene rings is 1. The second-order valence-electron chi connectivity index (χ2n) is 3.83. The summed E-state index contributed by atoms with van der Waals surface area (Å²) >= 11 is 0. The zero-order chi connectivity index (χ0) is 12.8. The summed E-state index contributed by atoms with van der Waals surface area (Å²) in [7, 11) is 0. The highest BCUT2D eigenvalue weighted by molar-refractivity contribution is 5.81. The van der Waals surface area contributed by atoms with Crippen LogP contribution in [-0.4, -0.2) is 18.5 Å². The predicted molar refractivity (Wildman–Crippen MR) is 61.3 cm³/mol. The van der Waals surface area contributed by atoms with Gasteiger partial charge in [-0.1, -0.05) is 6.92 Å². The minimum Gasteiger partial charge on any atom is -0.354 e. The number of rotatable bonds is 5. The number of hydrogen-bond donors (Lipinski definition) is 2. The Morgan fingerprint density at radius 3 is 2.47 bits per heavy atom. The zero-order valence-electron chi connectivity index (χ0n) is 9.67. The third kappa shape index (κ3) is 4.48. The number of carbonyl (C=O) groups is 1. The lowest BCUT2D eigenvalue weighted by Crippen LogP contribution is -2.40. The van der Waals surface area contributed by atoms with Crippen molar-refractivity contribution >= 4 is 5.91 Å². The molecule has 0 radical (unpaired) electrons. The summed E-state index contributed by atoms with van der Waals surface area (Å²) < 4.78 is 25.7. The van der Waals surface area contributed by atoms with Gasteiger partial charge in [0.05, 0.1) is 6.04 Å². The summed E-state index contributed by atoms with van der Waals surface area (Å²) in [5.74, 6) is -1.47. The average molecular weight is 242 g/mol. The fraction of sp³-hybridized carbons (Fsp3) is 0.417. The van der Waals surface area contributed by atoms with E-state index in [0.717, 1.165) is 6.07 Å². The Kier molecular flexibility index (Phi) is 5.03. The lowest BCUT2D eigenvalue weighted by atomic mass is 10.1. The molecule has 0 spiro atoms. The van der Waals surface area contributed by atoms with Crippen LogP contribution in [0.4, 0.5) is 8.78 Å². The molecule has 3 nitrogen and oxygen atoms in total. The standard InChI is InChI=1S/C12H16F2N2O/c1-2-11(15)12(17)16-4-3-8-5-9(13)7-10(14)6-8/h5-7,11H,2-4,15H2,1H3,(H,16,17)/t11-/m1/s1. The third-order valence-corrected chi connectivity index (χ3v) is 2.41. The molecule has 1 aromatic carbocycles. The van der Waals surface area contributed by atoms with Crippen molar-refractivity contribution in [3.05, 3.63) is 35.4 Å². The molecule has 0 bridgehead atoms. The van der Waals surface area contributed by atoms with E-state index in [2.05, 4.69) is 5.32 Å². The first-order chi connectivity index (χ1) is 8.02. The zero-order valence-corrected chi connectivity index (χ0v) is 9.67. The van der Waals surface area contributed by atoms with Gasteiger partial charge in [-0.15, -0.1) is 0 Å². The number of nitrogens with two attached hydrogens (primary N) is 1. The van der Waals surface area contributed by atoms with Gasteiger partial charge in [0.2, 0.25) is 5.91 Å². The van der Waals surface area contributed by atoms with Crippen LogP contribution >= 0.6 is 0 Å². The Morgan fingerprint density at radius 2 is 1.94 bits per heavy atom. The van der Waals surface area contributed by atoms with Crippen LogP contribution in [0.2, 0.25) is 0 Å². The molecule has 0 saturated heterocycles. The maximum Gasteiger partial charge on any atom is 0.236 e. The van der Waals surface area contributed by atoms with Crippen molar-refractivity contribution in [3.63, 3.8) is 0 Å². The van der Waals surface area contributed by atoms with Crippen LogP contribution in [0.3, 0.4) is 0 Å². The Hall–Kier alpha value is -1.49. The summed E-state index contributed by atoms with van der Waals surface area (Å²) in [6.07, 6.45) is 0.928.